The lowest BCUT2D eigenvalue weighted by Gasteiger charge is -2.15. The Bertz CT molecular complexity index is 569. The Labute approximate surface area is 128 Å². The van der Waals surface area contributed by atoms with E-state index in [1.165, 1.54) is 0 Å². The molecular formula is C15H14Cl3N. The normalized spacial score (nSPS) is 12.4. The molecule has 0 saturated heterocycles. The molecule has 0 heterocycles. The Morgan fingerprint density at radius 1 is 1.05 bits per heavy atom. The van der Waals surface area contributed by atoms with Crippen LogP contribution in [0.1, 0.15) is 24.1 Å². The maximum atomic E-state index is 6.15. The van der Waals surface area contributed by atoms with Gasteiger partial charge >= 0.3 is 0 Å². The minimum absolute atomic E-state index is 0.189. The summed E-state index contributed by atoms with van der Waals surface area (Å²) in [6.07, 6.45) is 0. The second-order valence-electron chi connectivity index (χ2n) is 4.37. The number of hydrogen-bond acceptors (Lipinski definition) is 1. The Morgan fingerprint density at radius 3 is 2.53 bits per heavy atom. The zero-order valence-corrected chi connectivity index (χ0v) is 12.7. The lowest BCUT2D eigenvalue weighted by molar-refractivity contribution is 0.575. The molecule has 0 aliphatic carbocycles. The Morgan fingerprint density at radius 2 is 1.79 bits per heavy atom. The SMILES string of the molecule is C[C@H](NCc1cccc(Cl)c1Cl)c1cccc(Cl)c1. The molecule has 0 spiro atoms. The van der Waals surface area contributed by atoms with Crippen LogP contribution in [0.5, 0.6) is 0 Å². The number of hydrogen-bond donors (Lipinski definition) is 1. The van der Waals surface area contributed by atoms with Gasteiger partial charge in [0.25, 0.3) is 0 Å². The third-order valence-electron chi connectivity index (χ3n) is 2.98. The first kappa shape index (κ1) is 14.7. The summed E-state index contributed by atoms with van der Waals surface area (Å²) in [5, 5.41) is 5.34. The zero-order chi connectivity index (χ0) is 13.8. The quantitative estimate of drug-likeness (QED) is 0.786. The molecule has 1 atom stereocenters. The molecule has 0 fully saturated rings. The van der Waals surface area contributed by atoms with Crippen LogP contribution >= 0.6 is 34.8 Å². The second kappa shape index (κ2) is 6.62. The first-order chi connectivity index (χ1) is 9.08. The lowest BCUT2D eigenvalue weighted by Crippen LogP contribution is -2.18. The van der Waals surface area contributed by atoms with Gasteiger partial charge in [-0.05, 0) is 36.2 Å². The van der Waals surface area contributed by atoms with E-state index in [0.717, 1.165) is 16.1 Å². The van der Waals surface area contributed by atoms with Crippen molar-refractivity contribution >= 4 is 34.8 Å². The van der Waals surface area contributed by atoms with Crippen molar-refractivity contribution in [3.63, 3.8) is 0 Å². The fourth-order valence-electron chi connectivity index (χ4n) is 1.84. The molecule has 2 aromatic carbocycles. The van der Waals surface area contributed by atoms with Gasteiger partial charge in [-0.2, -0.15) is 0 Å². The molecule has 2 rings (SSSR count). The molecule has 0 radical (unpaired) electrons. The summed E-state index contributed by atoms with van der Waals surface area (Å²) in [4.78, 5) is 0. The molecule has 0 unspecified atom stereocenters. The molecule has 1 N–H and O–H groups in total. The maximum Gasteiger partial charge on any atom is 0.0637 e. The molecule has 100 valence electrons. The molecule has 0 aliphatic heterocycles. The van der Waals surface area contributed by atoms with Gasteiger partial charge in [-0.1, -0.05) is 59.1 Å². The van der Waals surface area contributed by atoms with Crippen LogP contribution in [-0.4, -0.2) is 0 Å². The van der Waals surface area contributed by atoms with Gasteiger partial charge in [-0.25, -0.2) is 0 Å². The van der Waals surface area contributed by atoms with Crippen molar-refractivity contribution in [3.8, 4) is 0 Å². The van der Waals surface area contributed by atoms with Gasteiger partial charge in [0.15, 0.2) is 0 Å². The highest BCUT2D eigenvalue weighted by molar-refractivity contribution is 6.42. The second-order valence-corrected chi connectivity index (χ2v) is 5.59. The first-order valence-corrected chi connectivity index (χ1v) is 7.13. The molecule has 0 bridgehead atoms. The van der Waals surface area contributed by atoms with Crippen molar-refractivity contribution in [1.29, 1.82) is 0 Å². The molecule has 4 heteroatoms. The monoisotopic (exact) mass is 313 g/mol. The van der Waals surface area contributed by atoms with E-state index in [1.54, 1.807) is 6.07 Å². The van der Waals surface area contributed by atoms with E-state index < -0.39 is 0 Å². The Balaban J connectivity index is 2.04. The van der Waals surface area contributed by atoms with Crippen LogP contribution in [0.4, 0.5) is 0 Å². The number of benzene rings is 2. The summed E-state index contributed by atoms with van der Waals surface area (Å²) >= 11 is 18.1. The Hall–Kier alpha value is -0.730. The predicted molar refractivity (Wildman–Crippen MR) is 83.2 cm³/mol. The van der Waals surface area contributed by atoms with Crippen LogP contribution in [0.25, 0.3) is 0 Å². The third kappa shape index (κ3) is 3.87. The summed E-state index contributed by atoms with van der Waals surface area (Å²) in [7, 11) is 0. The van der Waals surface area contributed by atoms with E-state index in [9.17, 15) is 0 Å². The van der Waals surface area contributed by atoms with Crippen LogP contribution in [0.2, 0.25) is 15.1 Å². The zero-order valence-electron chi connectivity index (χ0n) is 10.5. The van der Waals surface area contributed by atoms with Crippen molar-refractivity contribution < 1.29 is 0 Å². The third-order valence-corrected chi connectivity index (χ3v) is 4.07. The van der Waals surface area contributed by atoms with Crippen LogP contribution in [-0.2, 0) is 6.54 Å². The van der Waals surface area contributed by atoms with Crippen molar-refractivity contribution in [3.05, 3.63) is 68.7 Å². The summed E-state index contributed by atoms with van der Waals surface area (Å²) in [5.41, 5.74) is 2.13. The van der Waals surface area contributed by atoms with E-state index in [0.29, 0.717) is 16.6 Å². The van der Waals surface area contributed by atoms with Crippen molar-refractivity contribution in [2.24, 2.45) is 0 Å². The van der Waals surface area contributed by atoms with Crippen LogP contribution < -0.4 is 5.32 Å². The van der Waals surface area contributed by atoms with Crippen LogP contribution in [0.15, 0.2) is 42.5 Å². The van der Waals surface area contributed by atoms with E-state index in [-0.39, 0.29) is 6.04 Å². The summed E-state index contributed by atoms with van der Waals surface area (Å²) < 4.78 is 0. The highest BCUT2D eigenvalue weighted by atomic mass is 35.5. The van der Waals surface area contributed by atoms with Gasteiger partial charge < -0.3 is 5.32 Å². The Kier molecular flexibility index (Phi) is 5.12. The van der Waals surface area contributed by atoms with Crippen molar-refractivity contribution in [1.82, 2.24) is 5.32 Å². The van der Waals surface area contributed by atoms with Crippen molar-refractivity contribution in [2.45, 2.75) is 19.5 Å². The molecule has 1 nitrogen and oxygen atoms in total. The number of halogens is 3. The average Bonchev–Trinajstić information content (AvgIpc) is 2.40. The summed E-state index contributed by atoms with van der Waals surface area (Å²) in [6, 6.07) is 13.7. The smallest absolute Gasteiger partial charge is 0.0637 e. The molecular weight excluding hydrogens is 301 g/mol. The van der Waals surface area contributed by atoms with Gasteiger partial charge in [0.2, 0.25) is 0 Å². The van der Waals surface area contributed by atoms with Gasteiger partial charge in [0, 0.05) is 17.6 Å². The largest absolute Gasteiger partial charge is 0.306 e. The molecule has 0 aromatic heterocycles. The highest BCUT2D eigenvalue weighted by Gasteiger charge is 2.08. The highest BCUT2D eigenvalue weighted by Crippen LogP contribution is 2.26. The van der Waals surface area contributed by atoms with Gasteiger partial charge in [-0.3, -0.25) is 0 Å². The summed E-state index contributed by atoms with van der Waals surface area (Å²) in [6.45, 7) is 2.75. The van der Waals surface area contributed by atoms with Crippen molar-refractivity contribution in [2.75, 3.05) is 0 Å². The maximum absolute atomic E-state index is 6.15. The molecule has 0 saturated carbocycles. The van der Waals surface area contributed by atoms with Gasteiger partial charge in [0.05, 0.1) is 10.0 Å². The average molecular weight is 315 g/mol. The fraction of sp³-hybridized carbons (Fsp3) is 0.200. The standard InChI is InChI=1S/C15H14Cl3N/c1-10(11-4-2-6-13(16)8-11)19-9-12-5-3-7-14(17)15(12)18/h2-8,10,19H,9H2,1H3/t10-/m0/s1. The minimum Gasteiger partial charge on any atom is -0.306 e. The first-order valence-electron chi connectivity index (χ1n) is 5.99. The molecule has 2 aromatic rings. The van der Waals surface area contributed by atoms with E-state index in [2.05, 4.69) is 12.2 Å². The topological polar surface area (TPSA) is 12.0 Å². The summed E-state index contributed by atoms with van der Waals surface area (Å²) in [5.74, 6) is 0. The van der Waals surface area contributed by atoms with Crippen LogP contribution in [0.3, 0.4) is 0 Å². The van der Waals surface area contributed by atoms with Gasteiger partial charge in [0.1, 0.15) is 0 Å². The van der Waals surface area contributed by atoms with Gasteiger partial charge in [-0.15, -0.1) is 0 Å². The van der Waals surface area contributed by atoms with Crippen LogP contribution in [0, 0.1) is 0 Å². The minimum atomic E-state index is 0.189. The van der Waals surface area contributed by atoms with E-state index >= 15 is 0 Å². The van der Waals surface area contributed by atoms with E-state index in [4.69, 9.17) is 34.8 Å². The number of nitrogens with one attached hydrogen (secondary N) is 1. The number of rotatable bonds is 4. The molecule has 19 heavy (non-hydrogen) atoms. The predicted octanol–water partition coefficient (Wildman–Crippen LogP) is 5.50. The fourth-order valence-corrected chi connectivity index (χ4v) is 2.43. The molecule has 0 amide bonds. The lowest BCUT2D eigenvalue weighted by atomic mass is 10.1. The molecule has 0 aliphatic rings. The van der Waals surface area contributed by atoms with E-state index in [1.807, 2.05) is 36.4 Å².